The van der Waals surface area contributed by atoms with E-state index in [1.165, 1.54) is 17.7 Å². The van der Waals surface area contributed by atoms with Crippen molar-refractivity contribution in [2.75, 3.05) is 23.7 Å². The van der Waals surface area contributed by atoms with Crippen LogP contribution >= 0.6 is 11.6 Å². The lowest BCUT2D eigenvalue weighted by Crippen LogP contribution is -2.45. The molecule has 4 rings (SSSR count). The predicted molar refractivity (Wildman–Crippen MR) is 113 cm³/mol. The van der Waals surface area contributed by atoms with Crippen LogP contribution in [0.1, 0.15) is 29.8 Å². The summed E-state index contributed by atoms with van der Waals surface area (Å²) in [5.41, 5.74) is 6.54. The first-order valence-corrected chi connectivity index (χ1v) is 9.74. The zero-order valence-electron chi connectivity index (χ0n) is 16.6. The van der Waals surface area contributed by atoms with Crippen LogP contribution in [0.3, 0.4) is 0 Å². The summed E-state index contributed by atoms with van der Waals surface area (Å²) in [6.45, 7) is 6.74. The molecule has 0 amide bonds. The van der Waals surface area contributed by atoms with Gasteiger partial charge in [0.1, 0.15) is 0 Å². The molecule has 156 valence electrons. The minimum atomic E-state index is -1.01. The van der Waals surface area contributed by atoms with Gasteiger partial charge in [0, 0.05) is 30.7 Å². The zero-order chi connectivity index (χ0) is 21.9. The molecular weight excluding hydrogens is 414 g/mol. The Bertz CT molecular complexity index is 1280. The Balaban J connectivity index is 2.14. The number of fused-ring (bicyclic) bond motifs is 1. The van der Waals surface area contributed by atoms with Gasteiger partial charge in [-0.25, -0.2) is 13.8 Å². The Morgan fingerprint density at radius 2 is 1.93 bits per heavy atom. The summed E-state index contributed by atoms with van der Waals surface area (Å²) < 4.78 is 29.6. The number of nitrogens with zero attached hydrogens (tertiary/aromatic N) is 3. The van der Waals surface area contributed by atoms with Gasteiger partial charge in [0.25, 0.3) is 0 Å². The molecule has 0 bridgehead atoms. The molecule has 0 unspecified atom stereocenters. The monoisotopic (exact) mass is 432 g/mol. The van der Waals surface area contributed by atoms with E-state index < -0.39 is 28.7 Å². The smallest absolute Gasteiger partial charge is 0.200 e. The summed E-state index contributed by atoms with van der Waals surface area (Å²) in [5.74, 6) is -2.88. The fraction of sp³-hybridized carbons (Fsp3) is 0.286. The lowest BCUT2D eigenvalue weighted by molar-refractivity contribution is 0.101. The van der Waals surface area contributed by atoms with Crippen LogP contribution in [0, 0.1) is 24.5 Å². The number of hydrogen-bond donors (Lipinski definition) is 1. The number of aryl methyl sites for hydroxylation is 1. The van der Waals surface area contributed by atoms with E-state index in [9.17, 15) is 18.4 Å². The van der Waals surface area contributed by atoms with E-state index in [4.69, 9.17) is 17.3 Å². The van der Waals surface area contributed by atoms with E-state index >= 15 is 0 Å². The number of anilines is 2. The van der Waals surface area contributed by atoms with Gasteiger partial charge in [-0.05, 0) is 31.4 Å². The number of nitrogen functional groups attached to an aromatic ring is 1. The van der Waals surface area contributed by atoms with E-state index in [0.29, 0.717) is 12.0 Å². The first kappa shape index (κ1) is 20.3. The average molecular weight is 433 g/mol. The number of aromatic nitrogens is 2. The number of carbonyl (C=O) groups excluding carboxylic acids is 1. The largest absolute Gasteiger partial charge is 0.381 e. The minimum absolute atomic E-state index is 0.145. The third-order valence-electron chi connectivity index (χ3n) is 5.32. The molecule has 3 heterocycles. The quantitative estimate of drug-likeness (QED) is 0.635. The van der Waals surface area contributed by atoms with Crippen LogP contribution < -0.4 is 16.1 Å². The number of Topliss-reactive ketones (excluding diaryl/α,β-unsaturated/α-hetero) is 1. The van der Waals surface area contributed by atoms with Gasteiger partial charge in [0.2, 0.25) is 0 Å². The molecule has 1 aromatic carbocycles. The van der Waals surface area contributed by atoms with E-state index in [1.54, 1.807) is 6.07 Å². The summed E-state index contributed by atoms with van der Waals surface area (Å²) in [7, 11) is 0. The normalized spacial score (nSPS) is 14.3. The molecule has 6 nitrogen and oxygen atoms in total. The van der Waals surface area contributed by atoms with Gasteiger partial charge in [-0.1, -0.05) is 18.5 Å². The van der Waals surface area contributed by atoms with Gasteiger partial charge < -0.3 is 10.6 Å². The van der Waals surface area contributed by atoms with Crippen molar-refractivity contribution in [2.45, 2.75) is 20.8 Å². The lowest BCUT2D eigenvalue weighted by Gasteiger charge is -2.40. The lowest BCUT2D eigenvalue weighted by atomic mass is 9.98. The second-order valence-corrected chi connectivity index (χ2v) is 8.10. The molecule has 0 atom stereocenters. The summed E-state index contributed by atoms with van der Waals surface area (Å²) >= 11 is 6.74. The van der Waals surface area contributed by atoms with Crippen molar-refractivity contribution in [1.82, 2.24) is 9.55 Å². The molecule has 0 aliphatic carbocycles. The highest BCUT2D eigenvalue weighted by atomic mass is 35.5. The average Bonchev–Trinajstić information content (AvgIpc) is 2.64. The van der Waals surface area contributed by atoms with Crippen LogP contribution in [0.5, 0.6) is 0 Å². The molecule has 0 saturated carbocycles. The summed E-state index contributed by atoms with van der Waals surface area (Å²) in [5, 5.41) is 0.375. The Labute approximate surface area is 175 Å². The maximum Gasteiger partial charge on any atom is 0.200 e. The fourth-order valence-corrected chi connectivity index (χ4v) is 4.35. The molecule has 2 aromatic heterocycles. The van der Waals surface area contributed by atoms with E-state index in [-0.39, 0.29) is 27.3 Å². The maximum atomic E-state index is 14.7. The number of rotatable bonds is 3. The van der Waals surface area contributed by atoms with Gasteiger partial charge in [0.05, 0.1) is 21.8 Å². The number of nitrogens with two attached hydrogens (primary N) is 1. The molecule has 9 heteroatoms. The van der Waals surface area contributed by atoms with E-state index in [1.807, 2.05) is 6.92 Å². The Morgan fingerprint density at radius 3 is 2.53 bits per heavy atom. The van der Waals surface area contributed by atoms with Gasteiger partial charge in [0.15, 0.2) is 34.5 Å². The molecule has 1 aliphatic rings. The number of hydrogen-bond acceptors (Lipinski definition) is 5. The van der Waals surface area contributed by atoms with E-state index in [0.717, 1.165) is 24.3 Å². The third kappa shape index (κ3) is 3.02. The molecule has 1 aliphatic heterocycles. The van der Waals surface area contributed by atoms with Crippen LogP contribution in [0.15, 0.2) is 23.1 Å². The van der Waals surface area contributed by atoms with Crippen LogP contribution in [0.4, 0.5) is 20.3 Å². The Morgan fingerprint density at radius 1 is 1.27 bits per heavy atom. The topological polar surface area (TPSA) is 81.2 Å². The van der Waals surface area contributed by atoms with Gasteiger partial charge in [-0.2, -0.15) is 0 Å². The highest BCUT2D eigenvalue weighted by Crippen LogP contribution is 2.40. The molecule has 1 saturated heterocycles. The molecule has 0 radical (unpaired) electrons. The van der Waals surface area contributed by atoms with Crippen molar-refractivity contribution in [3.63, 3.8) is 0 Å². The zero-order valence-corrected chi connectivity index (χ0v) is 17.3. The maximum absolute atomic E-state index is 14.7. The second kappa shape index (κ2) is 7.05. The predicted octanol–water partition coefficient (Wildman–Crippen LogP) is 3.87. The van der Waals surface area contributed by atoms with Crippen LogP contribution in [0.2, 0.25) is 5.02 Å². The first-order chi connectivity index (χ1) is 14.1. The van der Waals surface area contributed by atoms with Crippen LogP contribution in [0.25, 0.3) is 16.7 Å². The molecule has 1 fully saturated rings. The minimum Gasteiger partial charge on any atom is -0.381 e. The van der Waals surface area contributed by atoms with Crippen molar-refractivity contribution in [2.24, 2.45) is 5.92 Å². The summed E-state index contributed by atoms with van der Waals surface area (Å²) in [6.07, 6.45) is 1.18. The number of pyridine rings is 2. The molecular formula is C21H19ClF2N4O2. The van der Waals surface area contributed by atoms with E-state index in [2.05, 4.69) is 16.8 Å². The number of benzene rings is 1. The van der Waals surface area contributed by atoms with Crippen LogP contribution in [-0.4, -0.2) is 28.4 Å². The second-order valence-electron chi connectivity index (χ2n) is 7.72. The fourth-order valence-electron chi connectivity index (χ4n) is 3.89. The molecule has 0 spiro atoms. The Kier molecular flexibility index (Phi) is 4.77. The summed E-state index contributed by atoms with van der Waals surface area (Å²) in [4.78, 5) is 30.9. The standard InChI is InChI=1S/C21H19ClF2N4O2/c1-9-6-27(7-9)17-10(2)4-12-18(16(17)22)28(8-13(11(3)29)19(12)30)21-15(24)5-14(23)20(25)26-21/h4-5,8-9H,6-7H2,1-3H3,(H2,25,26). The van der Waals surface area contributed by atoms with Crippen LogP contribution in [-0.2, 0) is 0 Å². The first-order valence-electron chi connectivity index (χ1n) is 9.36. The van der Waals surface area contributed by atoms with Gasteiger partial charge in [-0.3, -0.25) is 14.2 Å². The molecule has 3 aromatic rings. The summed E-state index contributed by atoms with van der Waals surface area (Å²) in [6, 6.07) is 2.24. The number of ketones is 1. The highest BCUT2D eigenvalue weighted by Gasteiger charge is 2.29. The molecule has 30 heavy (non-hydrogen) atoms. The van der Waals surface area contributed by atoms with Crippen molar-refractivity contribution < 1.29 is 13.6 Å². The van der Waals surface area contributed by atoms with Crippen molar-refractivity contribution in [1.29, 1.82) is 0 Å². The van der Waals surface area contributed by atoms with Crippen molar-refractivity contribution in [3.8, 4) is 5.82 Å². The van der Waals surface area contributed by atoms with Crippen molar-refractivity contribution in [3.05, 3.63) is 56.3 Å². The van der Waals surface area contributed by atoms with Gasteiger partial charge in [-0.15, -0.1) is 0 Å². The Hall–Kier alpha value is -3.00. The highest BCUT2D eigenvalue weighted by molar-refractivity contribution is 6.38. The third-order valence-corrected chi connectivity index (χ3v) is 5.68. The number of carbonyl (C=O) groups is 1. The van der Waals surface area contributed by atoms with Crippen molar-refractivity contribution >= 4 is 39.8 Å². The number of halogens is 3. The SMILES string of the molecule is CC(=O)c1cn(-c2nc(N)c(F)cc2F)c2c(Cl)c(N3CC(C)C3)c(C)cc2c1=O. The molecule has 2 N–H and O–H groups in total. The van der Waals surface area contributed by atoms with Gasteiger partial charge >= 0.3 is 0 Å².